The molecule has 2 aliphatic rings. The molecule has 0 radical (unpaired) electrons. The van der Waals surface area contributed by atoms with Crippen molar-refractivity contribution < 1.29 is 4.79 Å². The summed E-state index contributed by atoms with van der Waals surface area (Å²) in [7, 11) is 0. The monoisotopic (exact) mass is 238 g/mol. The van der Waals surface area contributed by atoms with E-state index < -0.39 is 0 Å². The Morgan fingerprint density at radius 1 is 1.18 bits per heavy atom. The number of hydrogen-bond donors (Lipinski definition) is 1. The van der Waals surface area contributed by atoms with Crippen LogP contribution in [-0.2, 0) is 4.79 Å². The summed E-state index contributed by atoms with van der Waals surface area (Å²) in [5.41, 5.74) is 5.89. The molecule has 2 saturated carbocycles. The lowest BCUT2D eigenvalue weighted by Crippen LogP contribution is -2.42. The van der Waals surface area contributed by atoms with E-state index in [2.05, 4.69) is 11.8 Å². The fourth-order valence-electron chi connectivity index (χ4n) is 2.99. The average molecular weight is 238 g/mol. The van der Waals surface area contributed by atoms with Crippen LogP contribution in [0.15, 0.2) is 0 Å². The molecule has 2 fully saturated rings. The average Bonchev–Trinajstić information content (AvgIpc) is 2.28. The van der Waals surface area contributed by atoms with Gasteiger partial charge in [0.25, 0.3) is 0 Å². The van der Waals surface area contributed by atoms with E-state index >= 15 is 0 Å². The van der Waals surface area contributed by atoms with Crippen molar-refractivity contribution in [2.45, 2.75) is 57.9 Å². The maximum absolute atomic E-state index is 12.4. The second-order valence-corrected chi connectivity index (χ2v) is 5.79. The van der Waals surface area contributed by atoms with Crippen LogP contribution >= 0.6 is 0 Å². The van der Waals surface area contributed by atoms with Crippen LogP contribution in [0.5, 0.6) is 0 Å². The topological polar surface area (TPSA) is 46.3 Å². The third-order valence-corrected chi connectivity index (χ3v) is 4.52. The van der Waals surface area contributed by atoms with Crippen LogP contribution < -0.4 is 5.73 Å². The van der Waals surface area contributed by atoms with Crippen LogP contribution in [0.25, 0.3) is 0 Å². The predicted octanol–water partition coefficient (Wildman–Crippen LogP) is 2.15. The summed E-state index contributed by atoms with van der Waals surface area (Å²) in [6.45, 7) is 3.97. The molecule has 98 valence electrons. The molecule has 0 aromatic heterocycles. The Bertz CT molecular complexity index is 255. The van der Waals surface area contributed by atoms with Gasteiger partial charge < -0.3 is 10.6 Å². The van der Waals surface area contributed by atoms with Gasteiger partial charge in [0.05, 0.1) is 0 Å². The Kier molecular flexibility index (Phi) is 4.43. The molecular formula is C14H26N2O. The zero-order valence-corrected chi connectivity index (χ0v) is 11.0. The molecule has 3 heteroatoms. The minimum absolute atomic E-state index is 0.259. The molecular weight excluding hydrogens is 212 g/mol. The van der Waals surface area contributed by atoms with Gasteiger partial charge in [-0.2, -0.15) is 0 Å². The van der Waals surface area contributed by atoms with Crippen molar-refractivity contribution in [1.29, 1.82) is 0 Å². The Balaban J connectivity index is 1.82. The number of carbonyl (C=O) groups excluding carboxylic acids is 1. The highest BCUT2D eigenvalue weighted by Gasteiger charge is 2.29. The molecule has 0 saturated heterocycles. The first kappa shape index (κ1) is 12.9. The van der Waals surface area contributed by atoms with Crippen LogP contribution in [0.3, 0.4) is 0 Å². The van der Waals surface area contributed by atoms with Crippen LogP contribution in [0.2, 0.25) is 0 Å². The Hall–Kier alpha value is -0.570. The van der Waals surface area contributed by atoms with Gasteiger partial charge in [-0.3, -0.25) is 4.79 Å². The normalized spacial score (nSPS) is 29.8. The van der Waals surface area contributed by atoms with E-state index in [1.54, 1.807) is 0 Å². The molecule has 0 aliphatic heterocycles. The highest BCUT2D eigenvalue weighted by molar-refractivity contribution is 5.79. The summed E-state index contributed by atoms with van der Waals surface area (Å²) in [6, 6.07) is 0.334. The van der Waals surface area contributed by atoms with Crippen molar-refractivity contribution in [3.63, 3.8) is 0 Å². The van der Waals surface area contributed by atoms with Gasteiger partial charge in [-0.15, -0.1) is 0 Å². The number of hydrogen-bond acceptors (Lipinski definition) is 2. The molecule has 2 rings (SSSR count). The molecule has 1 amide bonds. The summed E-state index contributed by atoms with van der Waals surface area (Å²) >= 11 is 0. The molecule has 2 aliphatic carbocycles. The fourth-order valence-corrected chi connectivity index (χ4v) is 2.99. The van der Waals surface area contributed by atoms with Crippen molar-refractivity contribution in [2.75, 3.05) is 13.1 Å². The Labute approximate surface area is 105 Å². The molecule has 0 heterocycles. The number of nitrogens with zero attached hydrogens (tertiary/aromatic N) is 1. The van der Waals surface area contributed by atoms with E-state index in [4.69, 9.17) is 5.73 Å². The zero-order valence-electron chi connectivity index (χ0n) is 11.0. The molecule has 0 spiro atoms. The van der Waals surface area contributed by atoms with Crippen LogP contribution in [-0.4, -0.2) is 29.9 Å². The van der Waals surface area contributed by atoms with Gasteiger partial charge >= 0.3 is 0 Å². The number of rotatable bonds is 4. The molecule has 0 bridgehead atoms. The van der Waals surface area contributed by atoms with Gasteiger partial charge in [0.15, 0.2) is 0 Å². The summed E-state index contributed by atoms with van der Waals surface area (Å²) in [5, 5.41) is 0. The van der Waals surface area contributed by atoms with Crippen LogP contribution in [0.1, 0.15) is 51.9 Å². The number of amides is 1. The van der Waals surface area contributed by atoms with E-state index in [1.165, 1.54) is 19.3 Å². The first-order valence-corrected chi connectivity index (χ1v) is 7.25. The molecule has 17 heavy (non-hydrogen) atoms. The van der Waals surface area contributed by atoms with Crippen LogP contribution in [0, 0.1) is 11.8 Å². The van der Waals surface area contributed by atoms with Crippen molar-refractivity contribution >= 4 is 5.91 Å². The number of nitrogens with two attached hydrogens (primary N) is 1. The third kappa shape index (κ3) is 3.21. The SMILES string of the molecule is CCN(CC1CCC1)C(=O)C1CCC(N)CC1. The quantitative estimate of drug-likeness (QED) is 0.815. The highest BCUT2D eigenvalue weighted by atomic mass is 16.2. The second kappa shape index (κ2) is 5.85. The largest absolute Gasteiger partial charge is 0.342 e. The lowest BCUT2D eigenvalue weighted by molar-refractivity contribution is -0.137. The first-order chi connectivity index (χ1) is 8.20. The minimum Gasteiger partial charge on any atom is -0.342 e. The smallest absolute Gasteiger partial charge is 0.225 e. The highest BCUT2D eigenvalue weighted by Crippen LogP contribution is 2.29. The van der Waals surface area contributed by atoms with E-state index in [0.717, 1.165) is 44.7 Å². The summed E-state index contributed by atoms with van der Waals surface area (Å²) in [4.78, 5) is 14.5. The lowest BCUT2D eigenvalue weighted by Gasteiger charge is -2.35. The van der Waals surface area contributed by atoms with Crippen molar-refractivity contribution in [3.8, 4) is 0 Å². The zero-order chi connectivity index (χ0) is 12.3. The van der Waals surface area contributed by atoms with Crippen molar-refractivity contribution in [2.24, 2.45) is 17.6 Å². The van der Waals surface area contributed by atoms with Crippen LogP contribution in [0.4, 0.5) is 0 Å². The first-order valence-electron chi connectivity index (χ1n) is 7.25. The predicted molar refractivity (Wildman–Crippen MR) is 69.5 cm³/mol. The minimum atomic E-state index is 0.259. The molecule has 0 aromatic rings. The van der Waals surface area contributed by atoms with Gasteiger partial charge in [0.1, 0.15) is 0 Å². The fraction of sp³-hybridized carbons (Fsp3) is 0.929. The summed E-state index contributed by atoms with van der Waals surface area (Å²) < 4.78 is 0. The van der Waals surface area contributed by atoms with Crippen molar-refractivity contribution in [1.82, 2.24) is 4.90 Å². The van der Waals surface area contributed by atoms with Crippen molar-refractivity contribution in [3.05, 3.63) is 0 Å². The molecule has 3 nitrogen and oxygen atoms in total. The Morgan fingerprint density at radius 2 is 1.82 bits per heavy atom. The standard InChI is InChI=1S/C14H26N2O/c1-2-16(10-11-4-3-5-11)14(17)12-6-8-13(15)9-7-12/h11-13H,2-10,15H2,1H3. The van der Waals surface area contributed by atoms with Gasteiger partial charge in [0, 0.05) is 25.0 Å². The van der Waals surface area contributed by atoms with E-state index in [1.807, 2.05) is 0 Å². The summed E-state index contributed by atoms with van der Waals surface area (Å²) in [5.74, 6) is 1.44. The molecule has 0 unspecified atom stereocenters. The van der Waals surface area contributed by atoms with Gasteiger partial charge in [-0.25, -0.2) is 0 Å². The summed E-state index contributed by atoms with van der Waals surface area (Å²) in [6.07, 6.45) is 8.05. The Morgan fingerprint density at radius 3 is 2.29 bits per heavy atom. The third-order valence-electron chi connectivity index (χ3n) is 4.52. The van der Waals surface area contributed by atoms with E-state index in [0.29, 0.717) is 11.9 Å². The second-order valence-electron chi connectivity index (χ2n) is 5.79. The van der Waals surface area contributed by atoms with Gasteiger partial charge in [-0.05, 0) is 51.4 Å². The van der Waals surface area contributed by atoms with Gasteiger partial charge in [-0.1, -0.05) is 6.42 Å². The van der Waals surface area contributed by atoms with E-state index in [9.17, 15) is 4.79 Å². The maximum atomic E-state index is 12.4. The van der Waals surface area contributed by atoms with E-state index in [-0.39, 0.29) is 5.92 Å². The molecule has 0 atom stereocenters. The lowest BCUT2D eigenvalue weighted by atomic mass is 9.83. The maximum Gasteiger partial charge on any atom is 0.225 e. The molecule has 0 aromatic carbocycles. The molecule has 2 N–H and O–H groups in total. The number of carbonyl (C=O) groups is 1. The van der Waals surface area contributed by atoms with Gasteiger partial charge in [0.2, 0.25) is 5.91 Å².